The summed E-state index contributed by atoms with van der Waals surface area (Å²) in [5.74, 6) is -0.193. The van der Waals surface area contributed by atoms with Gasteiger partial charge in [-0.1, -0.05) is 19.1 Å². The molecule has 0 fully saturated rings. The van der Waals surface area contributed by atoms with Gasteiger partial charge in [0.1, 0.15) is 5.82 Å². The van der Waals surface area contributed by atoms with Crippen LogP contribution < -0.4 is 5.32 Å². The van der Waals surface area contributed by atoms with E-state index in [2.05, 4.69) is 17.2 Å². The molecule has 18 heavy (non-hydrogen) atoms. The molecule has 0 spiro atoms. The highest BCUT2D eigenvalue weighted by atomic mass is 19.1. The van der Waals surface area contributed by atoms with Gasteiger partial charge in [0, 0.05) is 24.0 Å². The molecule has 1 N–H and O–H groups in total. The Morgan fingerprint density at radius 3 is 2.78 bits per heavy atom. The average Bonchev–Trinajstić information content (AvgIpc) is 2.40. The summed E-state index contributed by atoms with van der Waals surface area (Å²) in [7, 11) is 0. The van der Waals surface area contributed by atoms with Gasteiger partial charge in [-0.2, -0.15) is 0 Å². The van der Waals surface area contributed by atoms with Crippen LogP contribution in [0.5, 0.6) is 0 Å². The summed E-state index contributed by atoms with van der Waals surface area (Å²) in [5.41, 5.74) is 3.26. The molecule has 0 amide bonds. The highest BCUT2D eigenvalue weighted by molar-refractivity contribution is 5.64. The van der Waals surface area contributed by atoms with Gasteiger partial charge >= 0.3 is 0 Å². The molecule has 0 bridgehead atoms. The zero-order valence-electron chi connectivity index (χ0n) is 10.7. The van der Waals surface area contributed by atoms with Crippen molar-refractivity contribution in [2.75, 3.05) is 11.9 Å². The van der Waals surface area contributed by atoms with Gasteiger partial charge in [-0.05, 0) is 37.1 Å². The Kier molecular flexibility index (Phi) is 3.92. The monoisotopic (exact) mass is 244 g/mol. The minimum absolute atomic E-state index is 0.193. The van der Waals surface area contributed by atoms with Crippen LogP contribution in [0.3, 0.4) is 0 Å². The smallest absolute Gasteiger partial charge is 0.126 e. The molecule has 94 valence electrons. The highest BCUT2D eigenvalue weighted by Crippen LogP contribution is 2.22. The summed E-state index contributed by atoms with van der Waals surface area (Å²) in [6, 6.07) is 9.06. The predicted molar refractivity (Wildman–Crippen MR) is 73.1 cm³/mol. The molecule has 0 unspecified atom stereocenters. The fourth-order valence-corrected chi connectivity index (χ4v) is 1.72. The third-order valence-electron chi connectivity index (χ3n) is 2.81. The van der Waals surface area contributed by atoms with E-state index < -0.39 is 0 Å². The Labute approximate surface area is 107 Å². The van der Waals surface area contributed by atoms with Crippen LogP contribution in [-0.2, 0) is 0 Å². The van der Waals surface area contributed by atoms with E-state index in [0.29, 0.717) is 5.56 Å². The van der Waals surface area contributed by atoms with Crippen molar-refractivity contribution in [2.24, 2.45) is 0 Å². The lowest BCUT2D eigenvalue weighted by Crippen LogP contribution is -2.00. The Balaban J connectivity index is 2.29. The molecule has 0 aliphatic rings. The van der Waals surface area contributed by atoms with E-state index in [4.69, 9.17) is 0 Å². The van der Waals surface area contributed by atoms with Crippen molar-refractivity contribution in [3.05, 3.63) is 47.9 Å². The van der Waals surface area contributed by atoms with Gasteiger partial charge < -0.3 is 5.32 Å². The molecular weight excluding hydrogens is 227 g/mol. The first-order valence-corrected chi connectivity index (χ1v) is 6.17. The fourth-order valence-electron chi connectivity index (χ4n) is 1.72. The quantitative estimate of drug-likeness (QED) is 0.878. The lowest BCUT2D eigenvalue weighted by Gasteiger charge is -2.07. The minimum Gasteiger partial charge on any atom is -0.385 e. The zero-order valence-corrected chi connectivity index (χ0v) is 10.7. The summed E-state index contributed by atoms with van der Waals surface area (Å²) < 4.78 is 13.5. The van der Waals surface area contributed by atoms with Crippen molar-refractivity contribution in [1.82, 2.24) is 4.98 Å². The fraction of sp³-hybridized carbons (Fsp3) is 0.267. The summed E-state index contributed by atoms with van der Waals surface area (Å²) in [4.78, 5) is 4.28. The first-order chi connectivity index (χ1) is 8.70. The van der Waals surface area contributed by atoms with E-state index in [0.717, 1.165) is 29.9 Å². The molecule has 2 rings (SSSR count). The molecule has 2 nitrogen and oxygen atoms in total. The number of hydrogen-bond donors (Lipinski definition) is 1. The number of aromatic nitrogens is 1. The summed E-state index contributed by atoms with van der Waals surface area (Å²) in [6.45, 7) is 4.79. The number of halogens is 1. The van der Waals surface area contributed by atoms with E-state index in [1.165, 1.54) is 6.07 Å². The lowest BCUT2D eigenvalue weighted by atomic mass is 10.1. The van der Waals surface area contributed by atoms with Crippen LogP contribution >= 0.6 is 0 Å². The Morgan fingerprint density at radius 1 is 1.22 bits per heavy atom. The Bertz CT molecular complexity index is 538. The predicted octanol–water partition coefficient (Wildman–Crippen LogP) is 4.02. The molecule has 0 aliphatic heterocycles. The number of anilines is 1. The van der Waals surface area contributed by atoms with Crippen LogP contribution in [0.25, 0.3) is 11.3 Å². The second-order valence-electron chi connectivity index (χ2n) is 4.32. The van der Waals surface area contributed by atoms with Gasteiger partial charge in [0.25, 0.3) is 0 Å². The van der Waals surface area contributed by atoms with E-state index in [9.17, 15) is 4.39 Å². The van der Waals surface area contributed by atoms with Crippen LogP contribution in [0.2, 0.25) is 0 Å². The first kappa shape index (κ1) is 12.6. The van der Waals surface area contributed by atoms with Crippen LogP contribution in [0, 0.1) is 12.7 Å². The van der Waals surface area contributed by atoms with Gasteiger partial charge in [-0.25, -0.2) is 4.39 Å². The summed E-state index contributed by atoms with van der Waals surface area (Å²) in [5, 5.41) is 3.30. The van der Waals surface area contributed by atoms with Gasteiger partial charge in [0.15, 0.2) is 0 Å². The van der Waals surface area contributed by atoms with Crippen molar-refractivity contribution >= 4 is 5.69 Å². The average molecular weight is 244 g/mol. The third kappa shape index (κ3) is 2.86. The molecule has 0 aliphatic carbocycles. The summed E-state index contributed by atoms with van der Waals surface area (Å²) >= 11 is 0. The number of pyridine rings is 1. The van der Waals surface area contributed by atoms with Gasteiger partial charge in [0.05, 0.1) is 5.69 Å². The molecule has 0 atom stereocenters. The SMILES string of the molecule is CCCNc1ccnc(-c2ccc(C)c(F)c2)c1. The normalized spacial score (nSPS) is 10.4. The largest absolute Gasteiger partial charge is 0.385 e. The van der Waals surface area contributed by atoms with Crippen LogP contribution in [0.15, 0.2) is 36.5 Å². The van der Waals surface area contributed by atoms with Crippen LogP contribution in [0.4, 0.5) is 10.1 Å². The number of aryl methyl sites for hydroxylation is 1. The molecule has 0 saturated carbocycles. The molecule has 0 saturated heterocycles. The number of hydrogen-bond acceptors (Lipinski definition) is 2. The van der Waals surface area contributed by atoms with Crippen molar-refractivity contribution in [3.8, 4) is 11.3 Å². The number of nitrogens with one attached hydrogen (secondary N) is 1. The molecule has 1 aromatic carbocycles. The molecule has 0 radical (unpaired) electrons. The lowest BCUT2D eigenvalue weighted by molar-refractivity contribution is 0.619. The minimum atomic E-state index is -0.193. The van der Waals surface area contributed by atoms with Gasteiger partial charge in [-0.3, -0.25) is 4.98 Å². The maximum atomic E-state index is 13.5. The maximum absolute atomic E-state index is 13.5. The number of nitrogens with zero attached hydrogens (tertiary/aromatic N) is 1. The van der Waals surface area contributed by atoms with E-state index in [1.807, 2.05) is 18.2 Å². The Hall–Kier alpha value is -1.90. The maximum Gasteiger partial charge on any atom is 0.126 e. The molecular formula is C15H17FN2. The molecule has 3 heteroatoms. The van der Waals surface area contributed by atoms with Gasteiger partial charge in [0.2, 0.25) is 0 Å². The van der Waals surface area contributed by atoms with Crippen molar-refractivity contribution in [2.45, 2.75) is 20.3 Å². The third-order valence-corrected chi connectivity index (χ3v) is 2.81. The molecule has 1 heterocycles. The van der Waals surface area contributed by atoms with Crippen molar-refractivity contribution in [1.29, 1.82) is 0 Å². The van der Waals surface area contributed by atoms with Gasteiger partial charge in [-0.15, -0.1) is 0 Å². The van der Waals surface area contributed by atoms with Crippen LogP contribution in [0.1, 0.15) is 18.9 Å². The molecule has 1 aromatic heterocycles. The van der Waals surface area contributed by atoms with Crippen molar-refractivity contribution < 1.29 is 4.39 Å². The standard InChI is InChI=1S/C15H17FN2/c1-3-7-17-13-6-8-18-15(10-13)12-5-4-11(2)14(16)9-12/h4-6,8-10H,3,7H2,1-2H3,(H,17,18). The van der Waals surface area contributed by atoms with Crippen LogP contribution in [-0.4, -0.2) is 11.5 Å². The second kappa shape index (κ2) is 5.63. The number of benzene rings is 1. The highest BCUT2D eigenvalue weighted by Gasteiger charge is 2.04. The first-order valence-electron chi connectivity index (χ1n) is 6.17. The Morgan fingerprint density at radius 2 is 2.06 bits per heavy atom. The summed E-state index contributed by atoms with van der Waals surface area (Å²) in [6.07, 6.45) is 2.81. The topological polar surface area (TPSA) is 24.9 Å². The van der Waals surface area contributed by atoms with E-state index >= 15 is 0 Å². The number of rotatable bonds is 4. The second-order valence-corrected chi connectivity index (χ2v) is 4.32. The zero-order chi connectivity index (χ0) is 13.0. The molecule has 2 aromatic rings. The van der Waals surface area contributed by atoms with E-state index in [-0.39, 0.29) is 5.82 Å². The van der Waals surface area contributed by atoms with E-state index in [1.54, 1.807) is 19.2 Å². The van der Waals surface area contributed by atoms with Crippen molar-refractivity contribution in [3.63, 3.8) is 0 Å².